The van der Waals surface area contributed by atoms with Gasteiger partial charge in [-0.15, -0.1) is 0 Å². The van der Waals surface area contributed by atoms with Crippen molar-refractivity contribution >= 4 is 29.0 Å². The number of aromatic nitrogens is 1. The number of nitrogens with one attached hydrogen (secondary N) is 1. The van der Waals surface area contributed by atoms with Crippen molar-refractivity contribution < 1.29 is 0 Å². The van der Waals surface area contributed by atoms with Gasteiger partial charge in [-0.3, -0.25) is 0 Å². The molecule has 1 heterocycles. The van der Waals surface area contributed by atoms with Gasteiger partial charge in [-0.1, -0.05) is 23.2 Å². The molecule has 11 heavy (non-hydrogen) atoms. The molecule has 4 heteroatoms. The van der Waals surface area contributed by atoms with Crippen molar-refractivity contribution in [1.82, 2.24) is 4.98 Å². The van der Waals surface area contributed by atoms with Crippen LogP contribution < -0.4 is 5.32 Å². The first kappa shape index (κ1) is 8.62. The molecule has 2 nitrogen and oxygen atoms in total. The molecule has 1 N–H and O–H groups in total. The second-order valence-corrected chi connectivity index (χ2v) is 2.83. The van der Waals surface area contributed by atoms with E-state index in [1.54, 1.807) is 6.07 Å². The maximum Gasteiger partial charge on any atom is 0.127 e. The van der Waals surface area contributed by atoms with Crippen LogP contribution in [0.2, 0.25) is 10.0 Å². The summed E-state index contributed by atoms with van der Waals surface area (Å²) in [6.07, 6.45) is 1.53. The number of nitrogens with zero attached hydrogens (tertiary/aromatic N) is 1. The molecule has 0 bridgehead atoms. The monoisotopic (exact) mass is 190 g/mol. The van der Waals surface area contributed by atoms with Gasteiger partial charge in [0, 0.05) is 18.8 Å². The third-order valence-corrected chi connectivity index (χ3v) is 1.88. The summed E-state index contributed by atoms with van der Waals surface area (Å²) in [7, 11) is 0. The maximum absolute atomic E-state index is 5.74. The van der Waals surface area contributed by atoms with E-state index < -0.39 is 0 Å². The smallest absolute Gasteiger partial charge is 0.127 e. The van der Waals surface area contributed by atoms with Crippen molar-refractivity contribution in [2.75, 3.05) is 11.9 Å². The summed E-state index contributed by atoms with van der Waals surface area (Å²) in [4.78, 5) is 4.00. The predicted octanol–water partition coefficient (Wildman–Crippen LogP) is 2.82. The molecular weight excluding hydrogens is 183 g/mol. The van der Waals surface area contributed by atoms with E-state index in [-0.39, 0.29) is 0 Å². The van der Waals surface area contributed by atoms with Gasteiger partial charge < -0.3 is 5.32 Å². The van der Waals surface area contributed by atoms with Crippen LogP contribution in [0.1, 0.15) is 6.92 Å². The molecule has 1 aromatic rings. The van der Waals surface area contributed by atoms with Gasteiger partial charge in [-0.05, 0) is 6.92 Å². The lowest BCUT2D eigenvalue weighted by Gasteiger charge is -2.01. The topological polar surface area (TPSA) is 24.9 Å². The normalized spacial score (nSPS) is 9.73. The minimum Gasteiger partial charge on any atom is -0.370 e. The third kappa shape index (κ3) is 2.24. The van der Waals surface area contributed by atoms with Gasteiger partial charge in [-0.25, -0.2) is 4.98 Å². The van der Waals surface area contributed by atoms with Crippen molar-refractivity contribution in [1.29, 1.82) is 0 Å². The average Bonchev–Trinajstić information content (AvgIpc) is 1.98. The average molecular weight is 191 g/mol. The summed E-state index contributed by atoms with van der Waals surface area (Å²) in [5, 5.41) is 4.03. The first-order chi connectivity index (χ1) is 5.24. The first-order valence-corrected chi connectivity index (χ1v) is 4.04. The molecule has 0 amide bonds. The Bertz CT molecular complexity index is 250. The van der Waals surface area contributed by atoms with Gasteiger partial charge in [0.15, 0.2) is 0 Å². The lowest BCUT2D eigenvalue weighted by Crippen LogP contribution is -1.98. The summed E-state index contributed by atoms with van der Waals surface area (Å²) in [6, 6.07) is 1.70. The molecule has 0 spiro atoms. The highest BCUT2D eigenvalue weighted by Gasteiger charge is 1.98. The van der Waals surface area contributed by atoms with E-state index in [0.717, 1.165) is 12.4 Å². The van der Waals surface area contributed by atoms with Crippen LogP contribution in [-0.2, 0) is 0 Å². The van der Waals surface area contributed by atoms with Gasteiger partial charge in [0.2, 0.25) is 0 Å². The Hall–Kier alpha value is -0.470. The third-order valence-electron chi connectivity index (χ3n) is 1.17. The summed E-state index contributed by atoms with van der Waals surface area (Å²) in [5.74, 6) is 0.752. The molecule has 0 saturated carbocycles. The fraction of sp³-hybridized carbons (Fsp3) is 0.286. The quantitative estimate of drug-likeness (QED) is 0.777. The van der Waals surface area contributed by atoms with E-state index in [2.05, 4.69) is 10.3 Å². The largest absolute Gasteiger partial charge is 0.370 e. The number of hydrogen-bond donors (Lipinski definition) is 1. The number of halogens is 2. The van der Waals surface area contributed by atoms with E-state index >= 15 is 0 Å². The van der Waals surface area contributed by atoms with Crippen LogP contribution in [0.25, 0.3) is 0 Å². The Kier molecular flexibility index (Phi) is 2.97. The van der Waals surface area contributed by atoms with E-state index in [1.807, 2.05) is 6.92 Å². The summed E-state index contributed by atoms with van der Waals surface area (Å²) < 4.78 is 0. The molecule has 0 aliphatic carbocycles. The Morgan fingerprint density at radius 3 is 2.73 bits per heavy atom. The zero-order valence-corrected chi connectivity index (χ0v) is 7.58. The Morgan fingerprint density at radius 2 is 2.18 bits per heavy atom. The van der Waals surface area contributed by atoms with Crippen LogP contribution >= 0.6 is 23.2 Å². The van der Waals surface area contributed by atoms with Crippen LogP contribution in [0.4, 0.5) is 5.82 Å². The molecule has 1 rings (SSSR count). The number of rotatable bonds is 2. The molecular formula is C7H8Cl2N2. The number of pyridine rings is 1. The van der Waals surface area contributed by atoms with Crippen molar-refractivity contribution in [3.8, 4) is 0 Å². The van der Waals surface area contributed by atoms with Crippen molar-refractivity contribution in [2.24, 2.45) is 0 Å². The molecule has 0 aromatic carbocycles. The van der Waals surface area contributed by atoms with Gasteiger partial charge in [0.25, 0.3) is 0 Å². The maximum atomic E-state index is 5.74. The Morgan fingerprint density at radius 1 is 1.45 bits per heavy atom. The number of hydrogen-bond acceptors (Lipinski definition) is 2. The second kappa shape index (κ2) is 3.79. The molecule has 0 saturated heterocycles. The Labute approximate surface area is 75.5 Å². The fourth-order valence-corrected chi connectivity index (χ4v) is 0.947. The highest BCUT2D eigenvalue weighted by Crippen LogP contribution is 2.22. The minimum atomic E-state index is 0.480. The molecule has 0 atom stereocenters. The lowest BCUT2D eigenvalue weighted by atomic mass is 10.4. The zero-order chi connectivity index (χ0) is 8.27. The lowest BCUT2D eigenvalue weighted by molar-refractivity contribution is 1.16. The van der Waals surface area contributed by atoms with Crippen molar-refractivity contribution in [2.45, 2.75) is 6.92 Å². The molecule has 0 radical (unpaired) electrons. The van der Waals surface area contributed by atoms with Crippen LogP contribution in [0.5, 0.6) is 0 Å². The Balaban J connectivity index is 2.86. The minimum absolute atomic E-state index is 0.480. The van der Waals surface area contributed by atoms with Crippen molar-refractivity contribution in [3.05, 3.63) is 22.3 Å². The second-order valence-electron chi connectivity index (χ2n) is 2.01. The SMILES string of the molecule is CCNc1cc(Cl)c(Cl)cn1. The van der Waals surface area contributed by atoms with E-state index in [9.17, 15) is 0 Å². The van der Waals surface area contributed by atoms with Crippen LogP contribution in [0, 0.1) is 0 Å². The van der Waals surface area contributed by atoms with Crippen molar-refractivity contribution in [3.63, 3.8) is 0 Å². The molecule has 60 valence electrons. The fourth-order valence-electron chi connectivity index (χ4n) is 0.692. The predicted molar refractivity (Wildman–Crippen MR) is 48.4 cm³/mol. The van der Waals surface area contributed by atoms with E-state index in [4.69, 9.17) is 23.2 Å². The highest BCUT2D eigenvalue weighted by molar-refractivity contribution is 6.42. The standard InChI is InChI=1S/C7H8Cl2N2/c1-2-10-7-3-5(8)6(9)4-11-7/h3-4H,2H2,1H3,(H,10,11). The molecule has 0 unspecified atom stereocenters. The molecule has 0 fully saturated rings. The molecule has 0 aliphatic heterocycles. The molecule has 0 aliphatic rings. The van der Waals surface area contributed by atoms with Gasteiger partial charge >= 0.3 is 0 Å². The zero-order valence-electron chi connectivity index (χ0n) is 6.06. The van der Waals surface area contributed by atoms with E-state index in [1.165, 1.54) is 6.20 Å². The number of anilines is 1. The summed E-state index contributed by atoms with van der Waals surface area (Å²) >= 11 is 11.4. The highest BCUT2D eigenvalue weighted by atomic mass is 35.5. The van der Waals surface area contributed by atoms with Gasteiger partial charge in [0.05, 0.1) is 10.0 Å². The van der Waals surface area contributed by atoms with Crippen LogP contribution in [-0.4, -0.2) is 11.5 Å². The van der Waals surface area contributed by atoms with Crippen LogP contribution in [0.3, 0.4) is 0 Å². The molecule has 1 aromatic heterocycles. The van der Waals surface area contributed by atoms with Gasteiger partial charge in [0.1, 0.15) is 5.82 Å². The van der Waals surface area contributed by atoms with Crippen LogP contribution in [0.15, 0.2) is 12.3 Å². The summed E-state index contributed by atoms with van der Waals surface area (Å²) in [5.41, 5.74) is 0. The van der Waals surface area contributed by atoms with E-state index in [0.29, 0.717) is 10.0 Å². The first-order valence-electron chi connectivity index (χ1n) is 3.29. The van der Waals surface area contributed by atoms with Gasteiger partial charge in [-0.2, -0.15) is 0 Å². The summed E-state index contributed by atoms with van der Waals surface area (Å²) in [6.45, 7) is 2.81.